The number of benzene rings is 1. The van der Waals surface area contributed by atoms with Crippen LogP contribution < -0.4 is 4.74 Å². The van der Waals surface area contributed by atoms with Gasteiger partial charge in [-0.1, -0.05) is 18.7 Å². The third-order valence-electron chi connectivity index (χ3n) is 1.64. The molecule has 0 radical (unpaired) electrons. The molecule has 0 saturated carbocycles. The predicted molar refractivity (Wildman–Crippen MR) is 49.7 cm³/mol. The first kappa shape index (κ1) is 9.25. The van der Waals surface area contributed by atoms with Gasteiger partial charge in [0.25, 0.3) is 0 Å². The Morgan fingerprint density at radius 1 is 1.62 bits per heavy atom. The standard InChI is InChI=1S/C9H9NO3/c1-3-7-4-5-9(13-2)8(6-7)10(11)12/h3-6H,1H2,2H3. The highest BCUT2D eigenvalue weighted by molar-refractivity contribution is 5.57. The first-order valence-corrected chi connectivity index (χ1v) is 3.64. The Hall–Kier alpha value is -1.84. The second-order valence-electron chi connectivity index (χ2n) is 2.39. The number of methoxy groups -OCH3 is 1. The zero-order valence-corrected chi connectivity index (χ0v) is 7.19. The van der Waals surface area contributed by atoms with Gasteiger partial charge in [-0.25, -0.2) is 0 Å². The molecule has 0 aromatic heterocycles. The summed E-state index contributed by atoms with van der Waals surface area (Å²) >= 11 is 0. The molecule has 68 valence electrons. The Bertz CT molecular complexity index is 347. The number of nitro benzene ring substituents is 1. The quantitative estimate of drug-likeness (QED) is 0.528. The van der Waals surface area contributed by atoms with E-state index in [9.17, 15) is 10.1 Å². The molecule has 0 aliphatic heterocycles. The second-order valence-corrected chi connectivity index (χ2v) is 2.39. The maximum absolute atomic E-state index is 10.5. The number of rotatable bonds is 3. The van der Waals surface area contributed by atoms with Gasteiger partial charge < -0.3 is 4.74 Å². The highest BCUT2D eigenvalue weighted by Crippen LogP contribution is 2.27. The summed E-state index contributed by atoms with van der Waals surface area (Å²) in [6.07, 6.45) is 1.55. The van der Waals surface area contributed by atoms with Crippen molar-refractivity contribution in [2.24, 2.45) is 0 Å². The van der Waals surface area contributed by atoms with Crippen molar-refractivity contribution < 1.29 is 9.66 Å². The van der Waals surface area contributed by atoms with E-state index < -0.39 is 4.92 Å². The van der Waals surface area contributed by atoms with Crippen LogP contribution in [0.1, 0.15) is 5.56 Å². The minimum absolute atomic E-state index is 0.0418. The normalized spacial score (nSPS) is 9.31. The molecule has 0 amide bonds. The Morgan fingerprint density at radius 2 is 2.31 bits per heavy atom. The Kier molecular flexibility index (Phi) is 2.64. The minimum atomic E-state index is -0.480. The van der Waals surface area contributed by atoms with Crippen LogP contribution in [0, 0.1) is 10.1 Å². The highest BCUT2D eigenvalue weighted by Gasteiger charge is 2.13. The van der Waals surface area contributed by atoms with E-state index in [4.69, 9.17) is 4.74 Å². The van der Waals surface area contributed by atoms with Crippen molar-refractivity contribution in [1.29, 1.82) is 0 Å². The maximum Gasteiger partial charge on any atom is 0.311 e. The third-order valence-corrected chi connectivity index (χ3v) is 1.64. The lowest BCUT2D eigenvalue weighted by atomic mass is 10.2. The van der Waals surface area contributed by atoms with Crippen molar-refractivity contribution in [3.05, 3.63) is 40.5 Å². The first-order chi connectivity index (χ1) is 6.19. The molecule has 1 aromatic carbocycles. The first-order valence-electron chi connectivity index (χ1n) is 3.64. The fourth-order valence-electron chi connectivity index (χ4n) is 0.977. The van der Waals surface area contributed by atoms with E-state index >= 15 is 0 Å². The molecule has 4 heteroatoms. The average molecular weight is 179 g/mol. The summed E-state index contributed by atoms with van der Waals surface area (Å²) in [6.45, 7) is 3.52. The summed E-state index contributed by atoms with van der Waals surface area (Å²) in [7, 11) is 1.40. The topological polar surface area (TPSA) is 52.4 Å². The average Bonchev–Trinajstić information content (AvgIpc) is 2.16. The molecule has 13 heavy (non-hydrogen) atoms. The van der Waals surface area contributed by atoms with Crippen LogP contribution in [0.15, 0.2) is 24.8 Å². The molecule has 0 bridgehead atoms. The number of nitrogens with zero attached hydrogens (tertiary/aromatic N) is 1. The van der Waals surface area contributed by atoms with Crippen LogP contribution in [-0.4, -0.2) is 12.0 Å². The van der Waals surface area contributed by atoms with Gasteiger partial charge in [-0.15, -0.1) is 0 Å². The van der Waals surface area contributed by atoms with Gasteiger partial charge in [0.15, 0.2) is 5.75 Å². The van der Waals surface area contributed by atoms with Crippen molar-refractivity contribution in [3.8, 4) is 5.75 Å². The highest BCUT2D eigenvalue weighted by atomic mass is 16.6. The van der Waals surface area contributed by atoms with E-state index in [-0.39, 0.29) is 11.4 Å². The monoisotopic (exact) mass is 179 g/mol. The zero-order valence-electron chi connectivity index (χ0n) is 7.19. The summed E-state index contributed by atoms with van der Waals surface area (Å²) in [5.74, 6) is 0.260. The predicted octanol–water partition coefficient (Wildman–Crippen LogP) is 2.25. The van der Waals surface area contributed by atoms with Crippen LogP contribution >= 0.6 is 0 Å². The summed E-state index contributed by atoms with van der Waals surface area (Å²) in [5.41, 5.74) is 0.660. The van der Waals surface area contributed by atoms with Gasteiger partial charge in [0.2, 0.25) is 0 Å². The van der Waals surface area contributed by atoms with E-state index in [1.54, 1.807) is 18.2 Å². The van der Waals surface area contributed by atoms with E-state index in [0.717, 1.165) is 0 Å². The summed E-state index contributed by atoms with van der Waals surface area (Å²) < 4.78 is 4.83. The molecule has 0 aliphatic rings. The van der Waals surface area contributed by atoms with Crippen molar-refractivity contribution in [3.63, 3.8) is 0 Å². The van der Waals surface area contributed by atoms with Crippen molar-refractivity contribution in [2.75, 3.05) is 7.11 Å². The lowest BCUT2D eigenvalue weighted by Gasteiger charge is -2.01. The maximum atomic E-state index is 10.5. The summed E-state index contributed by atoms with van der Waals surface area (Å²) in [4.78, 5) is 10.1. The van der Waals surface area contributed by atoms with Crippen LogP contribution in [0.3, 0.4) is 0 Å². The van der Waals surface area contributed by atoms with Crippen molar-refractivity contribution >= 4 is 11.8 Å². The zero-order chi connectivity index (χ0) is 9.84. The summed E-state index contributed by atoms with van der Waals surface area (Å²) in [6, 6.07) is 4.68. The molecule has 0 fully saturated rings. The number of hydrogen-bond acceptors (Lipinski definition) is 3. The van der Waals surface area contributed by atoms with Crippen LogP contribution in [0.2, 0.25) is 0 Å². The van der Waals surface area contributed by atoms with Crippen molar-refractivity contribution in [1.82, 2.24) is 0 Å². The van der Waals surface area contributed by atoms with Gasteiger partial charge in [0, 0.05) is 6.07 Å². The Labute approximate surface area is 75.6 Å². The van der Waals surface area contributed by atoms with E-state index in [2.05, 4.69) is 6.58 Å². The van der Waals surface area contributed by atoms with Crippen LogP contribution in [0.4, 0.5) is 5.69 Å². The molecule has 0 spiro atoms. The Morgan fingerprint density at radius 3 is 2.77 bits per heavy atom. The van der Waals surface area contributed by atoms with Crippen LogP contribution in [0.5, 0.6) is 5.75 Å². The molecule has 0 unspecified atom stereocenters. The molecule has 0 atom stereocenters. The van der Waals surface area contributed by atoms with Gasteiger partial charge in [-0.2, -0.15) is 0 Å². The van der Waals surface area contributed by atoms with Gasteiger partial charge >= 0.3 is 5.69 Å². The molecular formula is C9H9NO3. The van der Waals surface area contributed by atoms with Gasteiger partial charge in [0.05, 0.1) is 12.0 Å². The second kappa shape index (κ2) is 3.71. The lowest BCUT2D eigenvalue weighted by Crippen LogP contribution is -1.93. The molecule has 0 heterocycles. The third kappa shape index (κ3) is 1.84. The number of ether oxygens (including phenoxy) is 1. The smallest absolute Gasteiger partial charge is 0.311 e. The minimum Gasteiger partial charge on any atom is -0.490 e. The van der Waals surface area contributed by atoms with Crippen molar-refractivity contribution in [2.45, 2.75) is 0 Å². The fraction of sp³-hybridized carbons (Fsp3) is 0.111. The molecule has 0 saturated heterocycles. The lowest BCUT2D eigenvalue weighted by molar-refractivity contribution is -0.385. The molecule has 0 aliphatic carbocycles. The molecule has 4 nitrogen and oxygen atoms in total. The SMILES string of the molecule is C=Cc1ccc(OC)c([N+](=O)[O-])c1. The van der Waals surface area contributed by atoms with E-state index in [1.165, 1.54) is 13.2 Å². The van der Waals surface area contributed by atoms with E-state index in [0.29, 0.717) is 5.56 Å². The Balaban J connectivity index is 3.25. The van der Waals surface area contributed by atoms with Crippen LogP contribution in [-0.2, 0) is 0 Å². The molecule has 1 rings (SSSR count). The largest absolute Gasteiger partial charge is 0.490 e. The molecule has 1 aromatic rings. The van der Waals surface area contributed by atoms with Crippen LogP contribution in [0.25, 0.3) is 6.08 Å². The summed E-state index contributed by atoms with van der Waals surface area (Å²) in [5, 5.41) is 10.5. The number of nitro groups is 1. The molecular weight excluding hydrogens is 170 g/mol. The van der Waals surface area contributed by atoms with E-state index in [1.807, 2.05) is 0 Å². The fourth-order valence-corrected chi connectivity index (χ4v) is 0.977. The molecule has 0 N–H and O–H groups in total. The van der Waals surface area contributed by atoms with Gasteiger partial charge in [0.1, 0.15) is 0 Å². The number of hydrogen-bond donors (Lipinski definition) is 0. The van der Waals surface area contributed by atoms with Gasteiger partial charge in [-0.05, 0) is 11.6 Å². The van der Waals surface area contributed by atoms with Gasteiger partial charge in [-0.3, -0.25) is 10.1 Å².